The zero-order valence-corrected chi connectivity index (χ0v) is 16.0. The fraction of sp³-hybridized carbons (Fsp3) is 0.0455. The van der Waals surface area contributed by atoms with Gasteiger partial charge in [-0.1, -0.05) is 42.5 Å². The van der Waals surface area contributed by atoms with Gasteiger partial charge in [0.1, 0.15) is 5.75 Å². The summed E-state index contributed by atoms with van der Waals surface area (Å²) in [4.78, 5) is 4.75. The Morgan fingerprint density at radius 3 is 2.50 bits per heavy atom. The van der Waals surface area contributed by atoms with Gasteiger partial charge in [0.05, 0.1) is 34.3 Å². The van der Waals surface area contributed by atoms with E-state index in [0.717, 1.165) is 11.0 Å². The highest BCUT2D eigenvalue weighted by Gasteiger charge is 2.23. The lowest BCUT2D eigenvalue weighted by atomic mass is 10.2. The molecule has 0 bridgehead atoms. The van der Waals surface area contributed by atoms with Gasteiger partial charge >= 0.3 is 0 Å². The lowest BCUT2D eigenvalue weighted by Gasteiger charge is -2.12. The van der Waals surface area contributed by atoms with Crippen molar-refractivity contribution in [3.8, 4) is 5.75 Å². The summed E-state index contributed by atoms with van der Waals surface area (Å²) in [6.07, 6.45) is 3.22. The molecule has 0 spiro atoms. The van der Waals surface area contributed by atoms with E-state index in [0.29, 0.717) is 11.3 Å². The smallest absolute Gasteiger partial charge is 0.208 e. The van der Waals surface area contributed by atoms with E-state index in [1.807, 2.05) is 24.3 Å². The Morgan fingerprint density at radius 1 is 0.964 bits per heavy atom. The maximum Gasteiger partial charge on any atom is 0.208 e. The fourth-order valence-corrected chi connectivity index (χ4v) is 4.47. The largest absolute Gasteiger partial charge is 0.497 e. The SMILES string of the molecule is COc1cccc(C(=Cn2cnc3ccccc32)S(=O)(=O)c2ccccc2)c1. The Kier molecular flexibility index (Phi) is 4.71. The second-order valence-electron chi connectivity index (χ2n) is 6.18. The summed E-state index contributed by atoms with van der Waals surface area (Å²) < 4.78 is 33.9. The van der Waals surface area contributed by atoms with Crippen molar-refractivity contribution in [2.45, 2.75) is 4.90 Å². The number of benzene rings is 3. The molecule has 0 radical (unpaired) electrons. The molecular formula is C22H18N2O3S. The molecule has 0 N–H and O–H groups in total. The topological polar surface area (TPSA) is 61.2 Å². The van der Waals surface area contributed by atoms with E-state index in [1.54, 1.807) is 78.8 Å². The second kappa shape index (κ2) is 7.32. The highest BCUT2D eigenvalue weighted by atomic mass is 32.2. The first-order chi connectivity index (χ1) is 13.6. The monoisotopic (exact) mass is 390 g/mol. The van der Waals surface area contributed by atoms with Crippen LogP contribution in [0.2, 0.25) is 0 Å². The maximum absolute atomic E-state index is 13.5. The Labute approximate surface area is 163 Å². The van der Waals surface area contributed by atoms with Crippen molar-refractivity contribution in [2.24, 2.45) is 0 Å². The predicted octanol–water partition coefficient (Wildman–Crippen LogP) is 4.47. The predicted molar refractivity (Wildman–Crippen MR) is 111 cm³/mol. The lowest BCUT2D eigenvalue weighted by molar-refractivity contribution is 0.414. The Balaban J connectivity index is 1.96. The number of rotatable bonds is 5. The van der Waals surface area contributed by atoms with E-state index in [9.17, 15) is 8.42 Å². The third-order valence-corrected chi connectivity index (χ3v) is 6.25. The number of hydrogen-bond donors (Lipinski definition) is 0. The van der Waals surface area contributed by atoms with Crippen LogP contribution >= 0.6 is 0 Å². The van der Waals surface area contributed by atoms with Gasteiger partial charge in [0, 0.05) is 6.20 Å². The molecule has 4 aromatic rings. The highest BCUT2D eigenvalue weighted by molar-refractivity contribution is 8.00. The van der Waals surface area contributed by atoms with Crippen molar-refractivity contribution in [1.82, 2.24) is 9.55 Å². The molecule has 5 nitrogen and oxygen atoms in total. The van der Waals surface area contributed by atoms with Crippen LogP contribution in [0.4, 0.5) is 0 Å². The summed E-state index contributed by atoms with van der Waals surface area (Å²) in [5.74, 6) is 0.585. The van der Waals surface area contributed by atoms with Gasteiger partial charge in [-0.2, -0.15) is 0 Å². The van der Waals surface area contributed by atoms with Gasteiger partial charge in [-0.3, -0.25) is 0 Å². The number of imidazole rings is 1. The van der Waals surface area contributed by atoms with E-state index >= 15 is 0 Å². The van der Waals surface area contributed by atoms with E-state index in [-0.39, 0.29) is 9.80 Å². The molecule has 0 aliphatic rings. The van der Waals surface area contributed by atoms with Gasteiger partial charge in [0.2, 0.25) is 9.84 Å². The summed E-state index contributed by atoms with van der Waals surface area (Å²) in [5, 5.41) is 0. The van der Waals surface area contributed by atoms with Crippen molar-refractivity contribution < 1.29 is 13.2 Å². The van der Waals surface area contributed by atoms with Gasteiger partial charge in [0.15, 0.2) is 0 Å². The van der Waals surface area contributed by atoms with Crippen LogP contribution in [-0.2, 0) is 9.84 Å². The first kappa shape index (κ1) is 18.0. The van der Waals surface area contributed by atoms with Crippen molar-refractivity contribution in [3.05, 3.63) is 90.8 Å². The quantitative estimate of drug-likeness (QED) is 0.504. The number of fused-ring (bicyclic) bond motifs is 1. The molecular weight excluding hydrogens is 372 g/mol. The minimum absolute atomic E-state index is 0.167. The summed E-state index contributed by atoms with van der Waals surface area (Å²) >= 11 is 0. The van der Waals surface area contributed by atoms with Crippen LogP contribution in [-0.4, -0.2) is 25.1 Å². The fourth-order valence-electron chi connectivity index (χ4n) is 3.01. The molecule has 4 rings (SSSR count). The average molecular weight is 390 g/mol. The average Bonchev–Trinajstić information content (AvgIpc) is 3.15. The van der Waals surface area contributed by atoms with Gasteiger partial charge in [-0.15, -0.1) is 0 Å². The number of hydrogen-bond acceptors (Lipinski definition) is 4. The van der Waals surface area contributed by atoms with Crippen LogP contribution in [0.25, 0.3) is 22.1 Å². The summed E-state index contributed by atoms with van der Waals surface area (Å²) in [6.45, 7) is 0. The molecule has 28 heavy (non-hydrogen) atoms. The number of aromatic nitrogens is 2. The molecule has 0 atom stereocenters. The van der Waals surface area contributed by atoms with Gasteiger partial charge in [-0.25, -0.2) is 13.4 Å². The molecule has 0 aliphatic carbocycles. The number of para-hydroxylation sites is 2. The molecule has 0 fully saturated rings. The standard InChI is InChI=1S/C22H18N2O3S/c1-27-18-9-7-8-17(14-18)22(28(25,26)19-10-3-2-4-11-19)15-24-16-23-20-12-5-6-13-21(20)24/h2-16H,1H3. The first-order valence-corrected chi connectivity index (χ1v) is 10.2. The van der Waals surface area contributed by atoms with Crippen LogP contribution in [0.1, 0.15) is 5.56 Å². The zero-order valence-electron chi connectivity index (χ0n) is 15.2. The molecule has 1 aromatic heterocycles. The van der Waals surface area contributed by atoms with E-state index in [2.05, 4.69) is 4.98 Å². The molecule has 1 heterocycles. The van der Waals surface area contributed by atoms with Crippen LogP contribution in [0.5, 0.6) is 5.75 Å². The van der Waals surface area contributed by atoms with Gasteiger partial charge < -0.3 is 9.30 Å². The molecule has 0 saturated carbocycles. The molecule has 0 aliphatic heterocycles. The highest BCUT2D eigenvalue weighted by Crippen LogP contribution is 2.31. The summed E-state index contributed by atoms with van der Waals surface area (Å²) in [6, 6.07) is 23.0. The number of ether oxygens (including phenoxy) is 1. The molecule has 0 amide bonds. The molecule has 140 valence electrons. The van der Waals surface area contributed by atoms with Crippen molar-refractivity contribution in [1.29, 1.82) is 0 Å². The van der Waals surface area contributed by atoms with Crippen LogP contribution in [0, 0.1) is 0 Å². The molecule has 6 heteroatoms. The maximum atomic E-state index is 13.5. The second-order valence-corrected chi connectivity index (χ2v) is 8.10. The van der Waals surface area contributed by atoms with Crippen LogP contribution < -0.4 is 4.74 Å². The molecule has 0 unspecified atom stereocenters. The van der Waals surface area contributed by atoms with Crippen LogP contribution in [0.15, 0.2) is 90.1 Å². The third kappa shape index (κ3) is 3.30. The van der Waals surface area contributed by atoms with Crippen molar-refractivity contribution in [2.75, 3.05) is 7.11 Å². The van der Waals surface area contributed by atoms with Gasteiger partial charge in [0.25, 0.3) is 0 Å². The minimum atomic E-state index is -3.77. The summed E-state index contributed by atoms with van der Waals surface area (Å²) in [5.41, 5.74) is 2.16. The Morgan fingerprint density at radius 2 is 1.71 bits per heavy atom. The minimum Gasteiger partial charge on any atom is -0.497 e. The number of methoxy groups -OCH3 is 1. The number of sulfone groups is 1. The first-order valence-electron chi connectivity index (χ1n) is 8.67. The van der Waals surface area contributed by atoms with E-state index in [4.69, 9.17) is 4.74 Å². The Bertz CT molecular complexity index is 1260. The zero-order chi connectivity index (χ0) is 19.6. The van der Waals surface area contributed by atoms with Crippen molar-refractivity contribution in [3.63, 3.8) is 0 Å². The lowest BCUT2D eigenvalue weighted by Crippen LogP contribution is -2.06. The normalized spacial score (nSPS) is 12.2. The van der Waals surface area contributed by atoms with Gasteiger partial charge in [-0.05, 0) is 42.0 Å². The summed E-state index contributed by atoms with van der Waals surface area (Å²) in [7, 11) is -2.21. The Hall–Kier alpha value is -3.38. The van der Waals surface area contributed by atoms with E-state index in [1.165, 1.54) is 0 Å². The number of nitrogens with zero attached hydrogens (tertiary/aromatic N) is 2. The van der Waals surface area contributed by atoms with E-state index < -0.39 is 9.84 Å². The third-order valence-electron chi connectivity index (χ3n) is 4.43. The van der Waals surface area contributed by atoms with Crippen LogP contribution in [0.3, 0.4) is 0 Å². The van der Waals surface area contributed by atoms with Crippen molar-refractivity contribution >= 4 is 32.0 Å². The molecule has 0 saturated heterocycles. The molecule has 3 aromatic carbocycles.